The predicted molar refractivity (Wildman–Crippen MR) is 62.3 cm³/mol. The van der Waals surface area contributed by atoms with Crippen LogP contribution in [-0.2, 0) is 0 Å². The van der Waals surface area contributed by atoms with Crippen LogP contribution in [0.15, 0.2) is 0 Å². The molecule has 0 radical (unpaired) electrons. The highest BCUT2D eigenvalue weighted by Crippen LogP contribution is 2.13. The normalized spacial score (nSPS) is 12.7. The number of rotatable bonds is 9. The molecular formula is C10H20BrNO2. The monoisotopic (exact) mass is 265 g/mol. The van der Waals surface area contributed by atoms with E-state index in [1.165, 1.54) is 32.1 Å². The van der Waals surface area contributed by atoms with Crippen LogP contribution in [0.5, 0.6) is 0 Å². The van der Waals surface area contributed by atoms with Gasteiger partial charge in [0.1, 0.15) is 0 Å². The zero-order valence-electron chi connectivity index (χ0n) is 8.88. The van der Waals surface area contributed by atoms with Crippen molar-refractivity contribution in [1.82, 2.24) is 0 Å². The molecule has 0 saturated heterocycles. The van der Waals surface area contributed by atoms with Crippen LogP contribution in [-0.4, -0.2) is 9.87 Å². The molecule has 84 valence electrons. The first-order valence-corrected chi connectivity index (χ1v) is 6.37. The molecule has 0 heterocycles. The molecule has 0 aromatic heterocycles. The molecular weight excluding hydrogens is 246 g/mol. The van der Waals surface area contributed by atoms with Gasteiger partial charge in [-0.15, -0.1) is 0 Å². The minimum absolute atomic E-state index is 0.267. The number of hydrogen-bond donors (Lipinski definition) is 0. The largest absolute Gasteiger partial charge is 0.265 e. The molecule has 3 nitrogen and oxygen atoms in total. The highest BCUT2D eigenvalue weighted by molar-refractivity contribution is 9.09. The van der Waals surface area contributed by atoms with Crippen LogP contribution in [0.25, 0.3) is 0 Å². The van der Waals surface area contributed by atoms with Gasteiger partial charge >= 0.3 is 0 Å². The average Bonchev–Trinajstić information content (AvgIpc) is 2.16. The first-order chi connectivity index (χ1) is 6.68. The Kier molecular flexibility index (Phi) is 9.35. The summed E-state index contributed by atoms with van der Waals surface area (Å²) < 4.78 is 0. The Morgan fingerprint density at radius 2 is 1.64 bits per heavy atom. The maximum atomic E-state index is 10.3. The molecule has 0 saturated carbocycles. The molecule has 4 heteroatoms. The lowest BCUT2D eigenvalue weighted by Crippen LogP contribution is -2.10. The lowest BCUT2D eigenvalue weighted by Gasteiger charge is -2.02. The Bertz CT molecular complexity index is 153. The van der Waals surface area contributed by atoms with Crippen molar-refractivity contribution >= 4 is 15.9 Å². The first kappa shape index (κ1) is 13.9. The smallest absolute Gasteiger partial charge is 0.263 e. The first-order valence-electron chi connectivity index (χ1n) is 5.46. The van der Waals surface area contributed by atoms with Gasteiger partial charge in [0, 0.05) is 11.3 Å². The molecule has 0 aliphatic rings. The van der Waals surface area contributed by atoms with Crippen molar-refractivity contribution in [3.8, 4) is 0 Å². The van der Waals surface area contributed by atoms with Crippen molar-refractivity contribution in [2.75, 3.05) is 0 Å². The van der Waals surface area contributed by atoms with Gasteiger partial charge in [-0.1, -0.05) is 45.4 Å². The quantitative estimate of drug-likeness (QED) is 0.207. The van der Waals surface area contributed by atoms with Crippen LogP contribution in [0.2, 0.25) is 0 Å². The second kappa shape index (κ2) is 9.44. The molecule has 0 aliphatic carbocycles. The van der Waals surface area contributed by atoms with Gasteiger partial charge in [0.15, 0.2) is 0 Å². The van der Waals surface area contributed by atoms with Gasteiger partial charge in [-0.25, -0.2) is 0 Å². The van der Waals surface area contributed by atoms with Crippen molar-refractivity contribution < 1.29 is 4.92 Å². The van der Waals surface area contributed by atoms with E-state index in [0.29, 0.717) is 6.42 Å². The summed E-state index contributed by atoms with van der Waals surface area (Å²) in [5, 5.41) is 10.3. The molecule has 14 heavy (non-hydrogen) atoms. The van der Waals surface area contributed by atoms with Crippen LogP contribution in [0, 0.1) is 10.1 Å². The van der Waals surface area contributed by atoms with E-state index in [2.05, 4.69) is 22.9 Å². The third-order valence-corrected chi connectivity index (χ3v) is 3.07. The Labute approximate surface area is 94.5 Å². The summed E-state index contributed by atoms with van der Waals surface area (Å²) >= 11 is 3.04. The molecule has 0 aromatic rings. The van der Waals surface area contributed by atoms with E-state index in [1.54, 1.807) is 0 Å². The van der Waals surface area contributed by atoms with Gasteiger partial charge in [0.2, 0.25) is 0 Å². The number of alkyl halides is 1. The lowest BCUT2D eigenvalue weighted by atomic mass is 10.1. The van der Waals surface area contributed by atoms with E-state index in [9.17, 15) is 10.1 Å². The van der Waals surface area contributed by atoms with E-state index >= 15 is 0 Å². The summed E-state index contributed by atoms with van der Waals surface area (Å²) in [5.41, 5.74) is 0. The van der Waals surface area contributed by atoms with Gasteiger partial charge in [-0.05, 0) is 22.4 Å². The summed E-state index contributed by atoms with van der Waals surface area (Å²) in [6.45, 7) is 2.20. The van der Waals surface area contributed by atoms with Gasteiger partial charge in [0.05, 0.1) is 0 Å². The second-order valence-electron chi connectivity index (χ2n) is 3.63. The lowest BCUT2D eigenvalue weighted by molar-refractivity contribution is -0.493. The van der Waals surface area contributed by atoms with Gasteiger partial charge < -0.3 is 0 Å². The zero-order valence-corrected chi connectivity index (χ0v) is 10.5. The van der Waals surface area contributed by atoms with Crippen molar-refractivity contribution in [2.45, 2.75) is 63.2 Å². The van der Waals surface area contributed by atoms with E-state index in [4.69, 9.17) is 0 Å². The summed E-state index contributed by atoms with van der Waals surface area (Å²) in [4.78, 5) is 9.45. The van der Waals surface area contributed by atoms with Crippen LogP contribution >= 0.6 is 15.9 Å². The zero-order chi connectivity index (χ0) is 10.8. The molecule has 0 amide bonds. The minimum Gasteiger partial charge on any atom is -0.263 e. The van der Waals surface area contributed by atoms with Crippen LogP contribution in [0.3, 0.4) is 0 Å². The fraction of sp³-hybridized carbons (Fsp3) is 1.00. The predicted octanol–water partition coefficient (Wildman–Crippen LogP) is 4.12. The van der Waals surface area contributed by atoms with Crippen molar-refractivity contribution in [2.24, 2.45) is 0 Å². The van der Waals surface area contributed by atoms with Crippen molar-refractivity contribution in [1.29, 1.82) is 0 Å². The highest BCUT2D eigenvalue weighted by Gasteiger charge is 2.13. The molecule has 1 atom stereocenters. The molecule has 0 spiro atoms. The van der Waals surface area contributed by atoms with Crippen molar-refractivity contribution in [3.63, 3.8) is 0 Å². The van der Waals surface area contributed by atoms with Crippen LogP contribution in [0.4, 0.5) is 0 Å². The summed E-state index contributed by atoms with van der Waals surface area (Å²) in [7, 11) is 0. The molecule has 0 bridgehead atoms. The fourth-order valence-corrected chi connectivity index (χ4v) is 1.70. The molecule has 0 rings (SSSR count). The number of nitrogens with zero attached hydrogens (tertiary/aromatic N) is 1. The van der Waals surface area contributed by atoms with E-state index in [0.717, 1.165) is 12.8 Å². The van der Waals surface area contributed by atoms with E-state index < -0.39 is 4.95 Å². The second-order valence-corrected chi connectivity index (χ2v) is 4.69. The average molecular weight is 266 g/mol. The van der Waals surface area contributed by atoms with Gasteiger partial charge in [-0.3, -0.25) is 10.1 Å². The minimum atomic E-state index is -0.543. The molecule has 0 N–H and O–H groups in total. The van der Waals surface area contributed by atoms with Crippen LogP contribution < -0.4 is 0 Å². The Morgan fingerprint density at radius 3 is 2.14 bits per heavy atom. The van der Waals surface area contributed by atoms with Crippen LogP contribution in [0.1, 0.15) is 58.3 Å². The maximum Gasteiger partial charge on any atom is 0.265 e. The Balaban J connectivity index is 3.09. The Hall–Kier alpha value is -0.120. The van der Waals surface area contributed by atoms with Gasteiger partial charge in [-0.2, -0.15) is 0 Å². The Morgan fingerprint density at radius 1 is 1.14 bits per heavy atom. The number of nitro groups is 1. The maximum absolute atomic E-state index is 10.3. The van der Waals surface area contributed by atoms with E-state index in [1.807, 2.05) is 0 Å². The number of unbranched alkanes of at least 4 members (excludes halogenated alkanes) is 6. The molecule has 1 unspecified atom stereocenters. The highest BCUT2D eigenvalue weighted by atomic mass is 79.9. The van der Waals surface area contributed by atoms with Gasteiger partial charge in [0.25, 0.3) is 4.95 Å². The van der Waals surface area contributed by atoms with E-state index in [-0.39, 0.29) is 4.92 Å². The summed E-state index contributed by atoms with van der Waals surface area (Å²) in [5.74, 6) is 0. The third kappa shape index (κ3) is 8.48. The fourth-order valence-electron chi connectivity index (χ4n) is 1.38. The number of halogens is 1. The topological polar surface area (TPSA) is 43.1 Å². The molecule has 0 aromatic carbocycles. The number of hydrogen-bond acceptors (Lipinski definition) is 2. The van der Waals surface area contributed by atoms with Crippen molar-refractivity contribution in [3.05, 3.63) is 10.1 Å². The standard InChI is InChI=1S/C10H20BrNO2/c1-2-3-4-5-6-7-8-9-10(11)12(13)14/h10H,2-9H2,1H3. The third-order valence-electron chi connectivity index (χ3n) is 2.27. The summed E-state index contributed by atoms with van der Waals surface area (Å²) in [6, 6.07) is 0. The summed E-state index contributed by atoms with van der Waals surface area (Å²) in [6.07, 6.45) is 9.13. The molecule has 0 fully saturated rings. The molecule has 0 aliphatic heterocycles. The SMILES string of the molecule is CCCCCCCCCC(Br)[N+](=O)[O-].